The molecule has 1 atom stereocenters. The number of piperidine rings is 2. The summed E-state index contributed by atoms with van der Waals surface area (Å²) in [6.45, 7) is 9.20. The molecule has 12 heteroatoms. The molecular formula is C41H52Cl2N4O6. The summed E-state index contributed by atoms with van der Waals surface area (Å²) in [7, 11) is 4.63. The molecule has 3 aromatic rings. The number of imidazole rings is 1. The highest BCUT2D eigenvalue weighted by molar-refractivity contribution is 6.42. The summed E-state index contributed by atoms with van der Waals surface area (Å²) in [4.78, 5) is 37.0. The molecule has 5 rings (SSSR count). The molecule has 0 spiro atoms. The van der Waals surface area contributed by atoms with Crippen LogP contribution < -0.4 is 14.2 Å². The van der Waals surface area contributed by atoms with E-state index in [1.807, 2.05) is 65.8 Å². The number of rotatable bonds is 16. The van der Waals surface area contributed by atoms with Crippen molar-refractivity contribution in [2.45, 2.75) is 57.9 Å². The zero-order chi connectivity index (χ0) is 38.0. The number of allylic oxidation sites excluding steroid dienone is 3. The lowest BCUT2D eigenvalue weighted by Crippen LogP contribution is -2.50. The van der Waals surface area contributed by atoms with Crippen LogP contribution in [0.3, 0.4) is 0 Å². The predicted molar refractivity (Wildman–Crippen MR) is 210 cm³/mol. The third-order valence-corrected chi connectivity index (χ3v) is 11.3. The Labute approximate surface area is 323 Å². The molecule has 2 aliphatic rings. The molecule has 2 aromatic carbocycles. The lowest BCUT2D eigenvalue weighted by molar-refractivity contribution is 0.0600. The zero-order valence-corrected chi connectivity index (χ0v) is 33.0. The number of halogens is 2. The van der Waals surface area contributed by atoms with E-state index in [1.54, 1.807) is 39.7 Å². The Morgan fingerprint density at radius 3 is 2.34 bits per heavy atom. The second kappa shape index (κ2) is 19.0. The Bertz CT molecular complexity index is 1760. The molecule has 1 unspecified atom stereocenters. The van der Waals surface area contributed by atoms with Crippen LogP contribution in [0.25, 0.3) is 6.08 Å². The van der Waals surface area contributed by atoms with Crippen LogP contribution in [0.2, 0.25) is 10.0 Å². The van der Waals surface area contributed by atoms with Crippen LogP contribution in [0.15, 0.2) is 54.8 Å². The minimum Gasteiger partial charge on any atom is -0.493 e. The van der Waals surface area contributed by atoms with Gasteiger partial charge in [0.05, 0.1) is 49.9 Å². The highest BCUT2D eigenvalue weighted by atomic mass is 35.5. The number of likely N-dealkylation sites (tertiary alicyclic amines) is 2. The number of benzene rings is 2. The first-order chi connectivity index (χ1) is 25.7. The normalized spacial score (nSPS) is 18.6. The van der Waals surface area contributed by atoms with E-state index in [9.17, 15) is 9.59 Å². The molecule has 3 heterocycles. The van der Waals surface area contributed by atoms with Crippen molar-refractivity contribution in [1.82, 2.24) is 19.4 Å². The van der Waals surface area contributed by atoms with E-state index < -0.39 is 0 Å². The van der Waals surface area contributed by atoms with Crippen molar-refractivity contribution in [2.24, 2.45) is 5.92 Å². The van der Waals surface area contributed by atoms with E-state index in [2.05, 4.69) is 9.88 Å². The van der Waals surface area contributed by atoms with Gasteiger partial charge in [-0.25, -0.2) is 4.98 Å². The number of nitrogens with zero attached hydrogens (tertiary/aromatic N) is 4. The van der Waals surface area contributed by atoms with E-state index in [1.165, 1.54) is 0 Å². The average molecular weight is 768 g/mol. The minimum atomic E-state index is -0.350. The maximum Gasteiger partial charge on any atom is 0.254 e. The van der Waals surface area contributed by atoms with Crippen LogP contribution in [0.4, 0.5) is 0 Å². The highest BCUT2D eigenvalue weighted by Crippen LogP contribution is 2.42. The van der Waals surface area contributed by atoms with Crippen LogP contribution in [-0.2, 0) is 16.7 Å². The molecular weight excluding hydrogens is 715 g/mol. The summed E-state index contributed by atoms with van der Waals surface area (Å²) < 4.78 is 24.2. The fourth-order valence-corrected chi connectivity index (χ4v) is 7.89. The largest absolute Gasteiger partial charge is 0.493 e. The molecule has 0 radical (unpaired) electrons. The summed E-state index contributed by atoms with van der Waals surface area (Å²) in [5.41, 5.74) is 2.08. The molecule has 0 N–H and O–H groups in total. The quantitative estimate of drug-likeness (QED) is 0.0823. The van der Waals surface area contributed by atoms with E-state index in [-0.39, 0.29) is 23.0 Å². The first-order valence-electron chi connectivity index (χ1n) is 18.4. The summed E-state index contributed by atoms with van der Waals surface area (Å²) >= 11 is 13.0. The van der Waals surface area contributed by atoms with Gasteiger partial charge in [0.15, 0.2) is 17.3 Å². The molecule has 1 amide bonds. The molecule has 0 saturated carbocycles. The van der Waals surface area contributed by atoms with E-state index >= 15 is 0 Å². The molecule has 2 aliphatic heterocycles. The van der Waals surface area contributed by atoms with E-state index in [0.29, 0.717) is 71.5 Å². The van der Waals surface area contributed by atoms with Gasteiger partial charge in [-0.3, -0.25) is 9.59 Å². The number of ether oxygens (including phenoxy) is 4. The molecule has 2 fully saturated rings. The van der Waals surface area contributed by atoms with Gasteiger partial charge in [0.2, 0.25) is 11.5 Å². The standard InChI is InChI=1S/C41H52Cl2N4O6/c1-6-8-9-11-32-27-44-39(47(32)22-23-53-7-2)37(48)29-14-19-45(20-15-29)21-17-41(31-12-13-33(42)34(43)26-31)16-10-18-46(28-41)40(49)30-24-35(50-3)38(52-5)36(25-30)51-4/h6,8-9,11-13,24-27,29H,7,10,14-23,28H2,1-5H3/b8-6-,11-9-. The number of ketones is 1. The van der Waals surface area contributed by atoms with Gasteiger partial charge >= 0.3 is 0 Å². The maximum absolute atomic E-state index is 14.1. The van der Waals surface area contributed by atoms with Crippen LogP contribution in [0, 0.1) is 5.92 Å². The summed E-state index contributed by atoms with van der Waals surface area (Å²) in [5, 5.41) is 0.994. The van der Waals surface area contributed by atoms with Crippen molar-refractivity contribution in [3.8, 4) is 17.2 Å². The number of carbonyl (C=O) groups excluding carboxylic acids is 2. The van der Waals surface area contributed by atoms with Crippen molar-refractivity contribution in [3.63, 3.8) is 0 Å². The molecule has 286 valence electrons. The van der Waals surface area contributed by atoms with Crippen molar-refractivity contribution in [3.05, 3.63) is 87.4 Å². The number of amides is 1. The Hall–Kier alpha value is -3.83. The molecule has 1 aromatic heterocycles. The molecule has 53 heavy (non-hydrogen) atoms. The second-order valence-electron chi connectivity index (χ2n) is 13.6. The van der Waals surface area contributed by atoms with E-state index in [0.717, 1.165) is 63.0 Å². The zero-order valence-electron chi connectivity index (χ0n) is 31.5. The third-order valence-electron chi connectivity index (χ3n) is 10.5. The Morgan fingerprint density at radius 1 is 0.962 bits per heavy atom. The van der Waals surface area contributed by atoms with Gasteiger partial charge in [-0.2, -0.15) is 0 Å². The third kappa shape index (κ3) is 9.46. The molecule has 10 nitrogen and oxygen atoms in total. The van der Waals surface area contributed by atoms with Gasteiger partial charge in [0, 0.05) is 43.1 Å². The lowest BCUT2D eigenvalue weighted by Gasteiger charge is -2.45. The van der Waals surface area contributed by atoms with Crippen LogP contribution in [0.1, 0.15) is 78.2 Å². The number of hydrogen-bond donors (Lipinski definition) is 0. The Balaban J connectivity index is 1.31. The first kappa shape index (κ1) is 40.4. The van der Waals surface area contributed by atoms with Gasteiger partial charge < -0.3 is 33.3 Å². The number of aromatic nitrogens is 2. The summed E-state index contributed by atoms with van der Waals surface area (Å²) in [5.74, 6) is 1.69. The van der Waals surface area contributed by atoms with Gasteiger partial charge in [0.1, 0.15) is 0 Å². The summed E-state index contributed by atoms with van der Waals surface area (Å²) in [6, 6.07) is 9.26. The van der Waals surface area contributed by atoms with Crippen molar-refractivity contribution < 1.29 is 28.5 Å². The number of carbonyl (C=O) groups is 2. The fourth-order valence-electron chi connectivity index (χ4n) is 7.59. The monoisotopic (exact) mass is 766 g/mol. The van der Waals surface area contributed by atoms with Crippen LogP contribution in [0.5, 0.6) is 17.2 Å². The lowest BCUT2D eigenvalue weighted by atomic mass is 9.71. The fraction of sp³-hybridized carbons (Fsp3) is 0.488. The van der Waals surface area contributed by atoms with Crippen molar-refractivity contribution in [1.29, 1.82) is 0 Å². The van der Waals surface area contributed by atoms with Gasteiger partial charge in [-0.1, -0.05) is 47.5 Å². The predicted octanol–water partition coefficient (Wildman–Crippen LogP) is 8.00. The van der Waals surface area contributed by atoms with Crippen molar-refractivity contribution >= 4 is 41.0 Å². The van der Waals surface area contributed by atoms with Gasteiger partial charge in [-0.15, -0.1) is 0 Å². The van der Waals surface area contributed by atoms with Gasteiger partial charge in [0.25, 0.3) is 5.91 Å². The highest BCUT2D eigenvalue weighted by Gasteiger charge is 2.40. The SMILES string of the molecule is C/C=C\C=C/c1cnc(C(=O)C2CCN(CCC3(c4ccc(Cl)c(Cl)c4)CCCN(C(=O)c4cc(OC)c(OC)c(OC)c4)C3)CC2)n1CCOCC. The second-order valence-corrected chi connectivity index (χ2v) is 14.4. The topological polar surface area (TPSA) is 95.4 Å². The Kier molecular flexibility index (Phi) is 14.4. The first-order valence-corrected chi connectivity index (χ1v) is 19.2. The smallest absolute Gasteiger partial charge is 0.254 e. The number of hydrogen-bond acceptors (Lipinski definition) is 8. The molecule has 0 aliphatic carbocycles. The van der Waals surface area contributed by atoms with Gasteiger partial charge in [-0.05, 0) is 101 Å². The van der Waals surface area contributed by atoms with E-state index in [4.69, 9.17) is 42.1 Å². The number of methoxy groups -OCH3 is 3. The summed E-state index contributed by atoms with van der Waals surface area (Å²) in [6.07, 6.45) is 13.7. The molecule has 0 bridgehead atoms. The van der Waals surface area contributed by atoms with Crippen LogP contribution >= 0.6 is 23.2 Å². The van der Waals surface area contributed by atoms with Crippen LogP contribution in [-0.4, -0.2) is 98.3 Å². The number of Topliss-reactive ketones (excluding diaryl/α,β-unsaturated/α-hetero) is 1. The average Bonchev–Trinajstić information content (AvgIpc) is 3.59. The molecule has 2 saturated heterocycles. The minimum absolute atomic E-state index is 0.0901. The maximum atomic E-state index is 14.1. The van der Waals surface area contributed by atoms with Crippen molar-refractivity contribution in [2.75, 3.05) is 67.3 Å². The Morgan fingerprint density at radius 2 is 1.70 bits per heavy atom.